The van der Waals surface area contributed by atoms with Crippen molar-refractivity contribution in [1.82, 2.24) is 40.5 Å². The third-order valence-electron chi connectivity index (χ3n) is 7.14. The third kappa shape index (κ3) is 1.65. The van der Waals surface area contributed by atoms with Crippen molar-refractivity contribution in [2.24, 2.45) is 18.4 Å². The SMILES string of the molecule is CN1C(=O)N2N[C@H]3CC[C@]2(C1=O)C1CNN[C@H](n2[nH]c(=O)n(C)c2=O)[C@@]13C. The number of hydrogen-bond acceptors (Lipinski definition) is 7. The Morgan fingerprint density at radius 1 is 1.15 bits per heavy atom. The van der Waals surface area contributed by atoms with Gasteiger partial charge in [-0.3, -0.25) is 15.1 Å². The lowest BCUT2D eigenvalue weighted by Gasteiger charge is -2.65. The summed E-state index contributed by atoms with van der Waals surface area (Å²) in [5.74, 6) is -0.473. The monoisotopic (exact) mass is 378 g/mol. The van der Waals surface area contributed by atoms with Gasteiger partial charge < -0.3 is 0 Å². The van der Waals surface area contributed by atoms with Crippen LogP contribution in [0.2, 0.25) is 0 Å². The Morgan fingerprint density at radius 2 is 1.89 bits per heavy atom. The highest BCUT2D eigenvalue weighted by atomic mass is 16.2. The summed E-state index contributed by atoms with van der Waals surface area (Å²) >= 11 is 0. The second kappa shape index (κ2) is 4.88. The Balaban J connectivity index is 1.69. The van der Waals surface area contributed by atoms with Gasteiger partial charge in [0.2, 0.25) is 0 Å². The summed E-state index contributed by atoms with van der Waals surface area (Å²) in [7, 11) is 2.91. The molecule has 5 fully saturated rings. The minimum absolute atomic E-state index is 0.150. The van der Waals surface area contributed by atoms with Gasteiger partial charge in [0.05, 0.1) is 0 Å². The minimum atomic E-state index is -0.999. The molecule has 4 saturated heterocycles. The number of aromatic nitrogens is 3. The van der Waals surface area contributed by atoms with Gasteiger partial charge in [-0.1, -0.05) is 6.92 Å². The zero-order valence-corrected chi connectivity index (χ0v) is 15.3. The number of urea groups is 1. The molecule has 1 spiro atoms. The van der Waals surface area contributed by atoms with Crippen LogP contribution in [-0.2, 0) is 11.8 Å². The molecule has 12 heteroatoms. The molecule has 2 bridgehead atoms. The number of aromatic amines is 1. The highest BCUT2D eigenvalue weighted by Crippen LogP contribution is 2.59. The molecular formula is C15H22N8O4. The molecule has 1 saturated carbocycles. The van der Waals surface area contributed by atoms with Crippen LogP contribution in [0.25, 0.3) is 0 Å². The normalized spacial score (nSPS) is 40.5. The maximum absolute atomic E-state index is 13.1. The lowest BCUT2D eigenvalue weighted by molar-refractivity contribution is -0.191. The number of fused-ring (bicyclic) bond motifs is 1. The van der Waals surface area contributed by atoms with Gasteiger partial charge in [0, 0.05) is 38.0 Å². The van der Waals surface area contributed by atoms with Crippen molar-refractivity contribution in [2.75, 3.05) is 13.6 Å². The minimum Gasteiger partial charge on any atom is -0.272 e. The van der Waals surface area contributed by atoms with Gasteiger partial charge in [0.25, 0.3) is 5.91 Å². The lowest BCUT2D eigenvalue weighted by atomic mass is 9.53. The van der Waals surface area contributed by atoms with Crippen LogP contribution in [0.3, 0.4) is 0 Å². The molecule has 0 aromatic carbocycles. The van der Waals surface area contributed by atoms with E-state index < -0.39 is 28.5 Å². The molecule has 12 nitrogen and oxygen atoms in total. The van der Waals surface area contributed by atoms with Gasteiger partial charge in [-0.05, 0) is 12.8 Å². The first kappa shape index (κ1) is 16.7. The van der Waals surface area contributed by atoms with Crippen LogP contribution in [-0.4, -0.2) is 61.4 Å². The fourth-order valence-corrected chi connectivity index (χ4v) is 5.63. The molecule has 1 aromatic heterocycles. The van der Waals surface area contributed by atoms with E-state index in [2.05, 4.69) is 21.4 Å². The zero-order chi connectivity index (χ0) is 19.3. The van der Waals surface area contributed by atoms with Gasteiger partial charge >= 0.3 is 17.4 Å². The summed E-state index contributed by atoms with van der Waals surface area (Å²) in [6.45, 7) is 2.46. The molecule has 5 heterocycles. The first-order chi connectivity index (χ1) is 12.7. The van der Waals surface area contributed by atoms with Crippen molar-refractivity contribution in [3.63, 3.8) is 0 Å². The molecular weight excluding hydrogens is 356 g/mol. The number of amides is 3. The number of likely N-dealkylation sites (N-methyl/N-ethyl adjacent to an activating group) is 1. The molecule has 6 rings (SSSR count). The Hall–Kier alpha value is -2.44. The van der Waals surface area contributed by atoms with Gasteiger partial charge in [-0.15, -0.1) is 0 Å². The number of hydrazine groups is 2. The van der Waals surface area contributed by atoms with Crippen LogP contribution in [0.5, 0.6) is 0 Å². The first-order valence-electron chi connectivity index (χ1n) is 8.99. The van der Waals surface area contributed by atoms with Gasteiger partial charge in [-0.2, -0.15) is 0 Å². The first-order valence-corrected chi connectivity index (χ1v) is 8.99. The van der Waals surface area contributed by atoms with Crippen LogP contribution in [0.4, 0.5) is 4.79 Å². The number of rotatable bonds is 1. The zero-order valence-electron chi connectivity index (χ0n) is 15.3. The highest BCUT2D eigenvalue weighted by Gasteiger charge is 2.74. The van der Waals surface area contributed by atoms with E-state index in [1.54, 1.807) is 0 Å². The summed E-state index contributed by atoms with van der Waals surface area (Å²) in [6.07, 6.45) is 0.651. The third-order valence-corrected chi connectivity index (χ3v) is 7.14. The largest absolute Gasteiger partial charge is 0.348 e. The van der Waals surface area contributed by atoms with Gasteiger partial charge in [0.1, 0.15) is 11.7 Å². The van der Waals surface area contributed by atoms with Crippen molar-refractivity contribution in [3.8, 4) is 0 Å². The number of H-pyrrole nitrogens is 1. The van der Waals surface area contributed by atoms with E-state index in [1.165, 1.54) is 23.8 Å². The van der Waals surface area contributed by atoms with Gasteiger partial charge in [-0.25, -0.2) is 44.6 Å². The molecule has 0 radical (unpaired) electrons. The number of carbonyl (C=O) groups excluding carboxylic acids is 2. The van der Waals surface area contributed by atoms with Crippen LogP contribution in [0, 0.1) is 11.3 Å². The van der Waals surface area contributed by atoms with Gasteiger partial charge in [0.15, 0.2) is 0 Å². The molecule has 1 unspecified atom stereocenters. The molecule has 1 aromatic rings. The van der Waals surface area contributed by atoms with Crippen LogP contribution in [0.1, 0.15) is 25.9 Å². The summed E-state index contributed by atoms with van der Waals surface area (Å²) < 4.78 is 2.28. The molecule has 4 N–H and O–H groups in total. The van der Waals surface area contributed by atoms with E-state index >= 15 is 0 Å². The highest BCUT2D eigenvalue weighted by molar-refractivity contribution is 6.07. The van der Waals surface area contributed by atoms with Crippen molar-refractivity contribution in [3.05, 3.63) is 21.0 Å². The predicted octanol–water partition coefficient (Wildman–Crippen LogP) is -2.58. The fraction of sp³-hybridized carbons (Fsp3) is 0.733. The maximum atomic E-state index is 13.1. The van der Waals surface area contributed by atoms with Crippen molar-refractivity contribution in [1.29, 1.82) is 0 Å². The Labute approximate surface area is 153 Å². The number of nitrogens with one attached hydrogen (secondary N) is 4. The number of nitrogens with zero attached hydrogens (tertiary/aromatic N) is 4. The molecule has 146 valence electrons. The Kier molecular flexibility index (Phi) is 3.02. The molecule has 4 aliphatic heterocycles. The predicted molar refractivity (Wildman–Crippen MR) is 91.0 cm³/mol. The molecule has 1 aliphatic carbocycles. The summed E-state index contributed by atoms with van der Waals surface area (Å²) in [5, 5.41) is 4.07. The van der Waals surface area contributed by atoms with Crippen LogP contribution < -0.4 is 27.7 Å². The maximum Gasteiger partial charge on any atom is 0.348 e. The molecule has 27 heavy (non-hydrogen) atoms. The topological polar surface area (TPSA) is 136 Å². The average molecular weight is 378 g/mol. The van der Waals surface area contributed by atoms with Crippen LogP contribution >= 0.6 is 0 Å². The number of carbonyl (C=O) groups is 2. The van der Waals surface area contributed by atoms with Crippen molar-refractivity contribution < 1.29 is 9.59 Å². The van der Waals surface area contributed by atoms with E-state index in [1.807, 2.05) is 6.92 Å². The summed E-state index contributed by atoms with van der Waals surface area (Å²) in [5.41, 5.74) is 6.85. The summed E-state index contributed by atoms with van der Waals surface area (Å²) in [4.78, 5) is 51.4. The van der Waals surface area contributed by atoms with Crippen molar-refractivity contribution >= 4 is 11.9 Å². The molecule has 3 amide bonds. The quantitative estimate of drug-likeness (QED) is 0.394. The smallest absolute Gasteiger partial charge is 0.272 e. The fourth-order valence-electron chi connectivity index (χ4n) is 5.63. The Bertz CT molecular complexity index is 979. The Morgan fingerprint density at radius 3 is 2.56 bits per heavy atom. The van der Waals surface area contributed by atoms with Crippen LogP contribution in [0.15, 0.2) is 9.59 Å². The lowest BCUT2D eigenvalue weighted by Crippen LogP contribution is -2.82. The van der Waals surface area contributed by atoms with E-state index in [0.717, 1.165) is 9.47 Å². The summed E-state index contributed by atoms with van der Waals surface area (Å²) in [6, 6.07) is -0.505. The second-order valence-corrected chi connectivity index (χ2v) is 8.10. The number of imide groups is 1. The average Bonchev–Trinajstić information content (AvgIpc) is 3.02. The van der Waals surface area contributed by atoms with E-state index in [9.17, 15) is 19.2 Å². The second-order valence-electron chi connectivity index (χ2n) is 8.10. The van der Waals surface area contributed by atoms with E-state index in [4.69, 9.17) is 0 Å². The van der Waals surface area contributed by atoms with Crippen molar-refractivity contribution in [2.45, 2.75) is 37.5 Å². The number of hydrogen-bond donors (Lipinski definition) is 4. The van der Waals surface area contributed by atoms with E-state index in [0.29, 0.717) is 19.4 Å². The van der Waals surface area contributed by atoms with E-state index in [-0.39, 0.29) is 23.9 Å². The molecule has 5 aliphatic rings. The molecule has 5 atom stereocenters. The standard InChI is InChI=1S/C15H22N8O4/c1-14-7(6-16-17-9(14)22-12(26)21(3)11(25)19-22)15-5-4-8(14)18-23(15)13(27)20(2)10(15)24/h7-9,16-18H,4-6H2,1-3H3,(H,19,25)/t7?,8-,9+,14-,15+/m0/s1.